The van der Waals surface area contributed by atoms with Crippen molar-refractivity contribution in [2.75, 3.05) is 13.2 Å². The molecule has 0 aliphatic carbocycles. The molecule has 2 nitrogen and oxygen atoms in total. The van der Waals surface area contributed by atoms with Crippen molar-refractivity contribution < 1.29 is 9.47 Å². The van der Waals surface area contributed by atoms with Gasteiger partial charge in [-0.15, -0.1) is 0 Å². The van der Waals surface area contributed by atoms with E-state index in [4.69, 9.17) is 9.47 Å². The van der Waals surface area contributed by atoms with Gasteiger partial charge in [-0.1, -0.05) is 12.1 Å². The zero-order valence-corrected chi connectivity index (χ0v) is 13.4. The molecule has 0 amide bonds. The van der Waals surface area contributed by atoms with E-state index >= 15 is 0 Å². The summed E-state index contributed by atoms with van der Waals surface area (Å²) in [5.74, 6) is 1.87. The van der Waals surface area contributed by atoms with Crippen LogP contribution in [0.3, 0.4) is 0 Å². The van der Waals surface area contributed by atoms with Gasteiger partial charge in [0.05, 0.1) is 13.2 Å². The lowest BCUT2D eigenvalue weighted by atomic mass is 10.1. The van der Waals surface area contributed by atoms with Gasteiger partial charge in [0.25, 0.3) is 0 Å². The summed E-state index contributed by atoms with van der Waals surface area (Å²) in [6, 6.07) is 12.4. The third kappa shape index (κ3) is 4.52. The molecule has 2 aromatic carbocycles. The minimum Gasteiger partial charge on any atom is -0.493 e. The Balaban J connectivity index is 1.72. The Bertz CT molecular complexity index is 549. The van der Waals surface area contributed by atoms with Crippen molar-refractivity contribution in [1.29, 1.82) is 0 Å². The molecule has 0 N–H and O–H groups in total. The van der Waals surface area contributed by atoms with Crippen LogP contribution in [0.2, 0.25) is 0 Å². The van der Waals surface area contributed by atoms with Gasteiger partial charge in [-0.05, 0) is 74.2 Å². The Morgan fingerprint density at radius 2 is 1.05 bits per heavy atom. The normalized spacial score (nSPS) is 10.5. The van der Waals surface area contributed by atoms with E-state index in [0.29, 0.717) is 13.2 Å². The maximum Gasteiger partial charge on any atom is 0.119 e. The number of benzene rings is 2. The first-order valence-corrected chi connectivity index (χ1v) is 7.46. The van der Waals surface area contributed by atoms with E-state index in [9.17, 15) is 0 Å². The van der Waals surface area contributed by atoms with Crippen molar-refractivity contribution in [3.63, 3.8) is 0 Å². The Morgan fingerprint density at radius 1 is 0.619 bits per heavy atom. The summed E-state index contributed by atoms with van der Waals surface area (Å²) in [5, 5.41) is 0. The molecule has 0 atom stereocenters. The average Bonchev–Trinajstić information content (AvgIpc) is 2.46. The van der Waals surface area contributed by atoms with Crippen LogP contribution in [0.25, 0.3) is 0 Å². The van der Waals surface area contributed by atoms with Crippen LogP contribution in [0.1, 0.15) is 28.7 Å². The fourth-order valence-corrected chi connectivity index (χ4v) is 2.05. The predicted molar refractivity (Wildman–Crippen MR) is 87.4 cm³/mol. The summed E-state index contributed by atoms with van der Waals surface area (Å²) in [6.07, 6.45) is 0.875. The van der Waals surface area contributed by atoms with Gasteiger partial charge in [-0.2, -0.15) is 0 Å². The number of hydrogen-bond donors (Lipinski definition) is 0. The Hall–Kier alpha value is -1.96. The zero-order valence-electron chi connectivity index (χ0n) is 13.4. The Kier molecular flexibility index (Phi) is 5.26. The first kappa shape index (κ1) is 15.4. The van der Waals surface area contributed by atoms with E-state index in [1.807, 2.05) is 12.1 Å². The van der Waals surface area contributed by atoms with Crippen molar-refractivity contribution in [1.82, 2.24) is 0 Å². The van der Waals surface area contributed by atoms with Crippen molar-refractivity contribution in [3.05, 3.63) is 58.7 Å². The first-order valence-electron chi connectivity index (χ1n) is 7.46. The monoisotopic (exact) mass is 284 g/mol. The van der Waals surface area contributed by atoms with E-state index in [1.54, 1.807) is 0 Å². The molecule has 2 rings (SSSR count). The quantitative estimate of drug-likeness (QED) is 0.711. The Labute approximate surface area is 127 Å². The highest BCUT2D eigenvalue weighted by molar-refractivity contribution is 5.34. The number of rotatable bonds is 6. The minimum atomic E-state index is 0.674. The fraction of sp³-hybridized carbons (Fsp3) is 0.368. The molecule has 0 fully saturated rings. The van der Waals surface area contributed by atoms with Crippen LogP contribution >= 0.6 is 0 Å². The maximum absolute atomic E-state index is 5.74. The van der Waals surface area contributed by atoms with Crippen LogP contribution in [0.15, 0.2) is 36.4 Å². The second-order valence-corrected chi connectivity index (χ2v) is 5.54. The van der Waals surface area contributed by atoms with Gasteiger partial charge in [-0.3, -0.25) is 0 Å². The second kappa shape index (κ2) is 7.16. The Morgan fingerprint density at radius 3 is 1.43 bits per heavy atom. The third-order valence-corrected chi connectivity index (χ3v) is 3.78. The van der Waals surface area contributed by atoms with E-state index in [0.717, 1.165) is 17.9 Å². The molecule has 0 saturated carbocycles. The molecular formula is C19H24O2. The van der Waals surface area contributed by atoms with E-state index < -0.39 is 0 Å². The molecule has 0 bridgehead atoms. The molecule has 2 aromatic rings. The van der Waals surface area contributed by atoms with Crippen molar-refractivity contribution in [3.8, 4) is 11.5 Å². The molecule has 0 aromatic heterocycles. The zero-order chi connectivity index (χ0) is 15.2. The summed E-state index contributed by atoms with van der Waals surface area (Å²) in [7, 11) is 0. The van der Waals surface area contributed by atoms with Gasteiger partial charge in [0.2, 0.25) is 0 Å². The van der Waals surface area contributed by atoms with Gasteiger partial charge in [-0.25, -0.2) is 0 Å². The largest absolute Gasteiger partial charge is 0.493 e. The summed E-state index contributed by atoms with van der Waals surface area (Å²) < 4.78 is 11.5. The van der Waals surface area contributed by atoms with Crippen LogP contribution in [0.5, 0.6) is 11.5 Å². The average molecular weight is 284 g/mol. The molecule has 0 spiro atoms. The lowest BCUT2D eigenvalue weighted by Gasteiger charge is -2.10. The number of aryl methyl sites for hydroxylation is 4. The highest BCUT2D eigenvalue weighted by Crippen LogP contribution is 2.18. The molecule has 0 unspecified atom stereocenters. The predicted octanol–water partition coefficient (Wildman–Crippen LogP) is 4.77. The summed E-state index contributed by atoms with van der Waals surface area (Å²) in [5.41, 5.74) is 5.11. The van der Waals surface area contributed by atoms with Crippen LogP contribution in [0, 0.1) is 27.7 Å². The van der Waals surface area contributed by atoms with E-state index in [2.05, 4.69) is 52.0 Å². The van der Waals surface area contributed by atoms with Gasteiger partial charge >= 0.3 is 0 Å². The highest BCUT2D eigenvalue weighted by Gasteiger charge is 1.99. The number of ether oxygens (including phenoxy) is 2. The van der Waals surface area contributed by atoms with Crippen LogP contribution in [-0.2, 0) is 0 Å². The van der Waals surface area contributed by atoms with Crippen LogP contribution in [0.4, 0.5) is 0 Å². The standard InChI is InChI=1S/C19H24O2/c1-14-6-8-18(12-16(14)3)20-10-5-11-21-19-9-7-15(2)17(4)13-19/h6-9,12-13H,5,10-11H2,1-4H3. The first-order chi connectivity index (χ1) is 10.1. The topological polar surface area (TPSA) is 18.5 Å². The molecule has 0 heterocycles. The number of hydrogen-bond acceptors (Lipinski definition) is 2. The van der Waals surface area contributed by atoms with Crippen molar-refractivity contribution >= 4 is 0 Å². The lowest BCUT2D eigenvalue weighted by Crippen LogP contribution is -2.05. The van der Waals surface area contributed by atoms with Gasteiger partial charge in [0, 0.05) is 6.42 Å². The van der Waals surface area contributed by atoms with E-state index in [1.165, 1.54) is 22.3 Å². The molecule has 0 saturated heterocycles. The fourth-order valence-electron chi connectivity index (χ4n) is 2.05. The summed E-state index contributed by atoms with van der Waals surface area (Å²) >= 11 is 0. The second-order valence-electron chi connectivity index (χ2n) is 5.54. The van der Waals surface area contributed by atoms with Crippen molar-refractivity contribution in [2.45, 2.75) is 34.1 Å². The van der Waals surface area contributed by atoms with Gasteiger partial charge in [0.1, 0.15) is 11.5 Å². The molecule has 112 valence electrons. The van der Waals surface area contributed by atoms with Crippen LogP contribution < -0.4 is 9.47 Å². The van der Waals surface area contributed by atoms with E-state index in [-0.39, 0.29) is 0 Å². The smallest absolute Gasteiger partial charge is 0.119 e. The molecule has 0 aliphatic rings. The SMILES string of the molecule is Cc1ccc(OCCCOc2ccc(C)c(C)c2)cc1C. The van der Waals surface area contributed by atoms with Crippen LogP contribution in [-0.4, -0.2) is 13.2 Å². The summed E-state index contributed by atoms with van der Waals surface area (Å²) in [4.78, 5) is 0. The molecular weight excluding hydrogens is 260 g/mol. The third-order valence-electron chi connectivity index (χ3n) is 3.78. The lowest BCUT2D eigenvalue weighted by molar-refractivity contribution is 0.247. The van der Waals surface area contributed by atoms with Gasteiger partial charge in [0.15, 0.2) is 0 Å². The minimum absolute atomic E-state index is 0.674. The van der Waals surface area contributed by atoms with Crippen molar-refractivity contribution in [2.24, 2.45) is 0 Å². The molecule has 0 radical (unpaired) electrons. The summed E-state index contributed by atoms with van der Waals surface area (Å²) in [6.45, 7) is 9.77. The highest BCUT2D eigenvalue weighted by atomic mass is 16.5. The van der Waals surface area contributed by atoms with Gasteiger partial charge < -0.3 is 9.47 Å². The molecule has 0 aliphatic heterocycles. The molecule has 21 heavy (non-hydrogen) atoms. The molecule has 2 heteroatoms. The maximum atomic E-state index is 5.74.